The van der Waals surface area contributed by atoms with Crippen LogP contribution in [-0.2, 0) is 24.7 Å². The van der Waals surface area contributed by atoms with Crippen molar-refractivity contribution in [2.45, 2.75) is 39.0 Å². The lowest BCUT2D eigenvalue weighted by Gasteiger charge is -2.02. The van der Waals surface area contributed by atoms with Gasteiger partial charge in [0.2, 0.25) is 5.91 Å². The number of unbranched alkanes of at least 4 members (excludes halogenated alkanes) is 1. The van der Waals surface area contributed by atoms with Gasteiger partial charge in [-0.15, -0.1) is 11.3 Å². The van der Waals surface area contributed by atoms with Crippen molar-refractivity contribution >= 4 is 22.4 Å². The molecule has 0 unspecified atom stereocenters. The smallest absolute Gasteiger partial charge is 0.226 e. The fourth-order valence-corrected chi connectivity index (χ4v) is 3.46. The fourth-order valence-electron chi connectivity index (χ4n) is 2.73. The predicted octanol–water partition coefficient (Wildman–Crippen LogP) is 4.46. The number of nitrogens with one attached hydrogen (secondary N) is 1. The normalized spacial score (nSPS) is 10.8. The van der Waals surface area contributed by atoms with Gasteiger partial charge in [-0.1, -0.05) is 37.6 Å². The van der Waals surface area contributed by atoms with Gasteiger partial charge < -0.3 is 5.32 Å². The van der Waals surface area contributed by atoms with Gasteiger partial charge in [0.1, 0.15) is 0 Å². The van der Waals surface area contributed by atoms with E-state index < -0.39 is 0 Å². The van der Waals surface area contributed by atoms with Crippen LogP contribution in [0.25, 0.3) is 11.3 Å². The van der Waals surface area contributed by atoms with Crippen molar-refractivity contribution in [2.24, 2.45) is 7.05 Å². The first-order chi connectivity index (χ1) is 12.6. The van der Waals surface area contributed by atoms with E-state index in [0.717, 1.165) is 23.2 Å². The first-order valence-corrected chi connectivity index (χ1v) is 9.84. The molecule has 2 aromatic heterocycles. The van der Waals surface area contributed by atoms with Gasteiger partial charge in [0, 0.05) is 30.6 Å². The lowest BCUT2D eigenvalue weighted by atomic mass is 10.1. The Morgan fingerprint density at radius 1 is 1.19 bits per heavy atom. The molecule has 0 saturated heterocycles. The summed E-state index contributed by atoms with van der Waals surface area (Å²) in [6.45, 7) is 2.20. The van der Waals surface area contributed by atoms with E-state index in [9.17, 15) is 4.79 Å². The third kappa shape index (κ3) is 5.02. The predicted molar refractivity (Wildman–Crippen MR) is 106 cm³/mol. The SMILES string of the molecule is CCCCc1ccc(-c2csc(NC(=O)CCc3cnn(C)c3)n2)cc1. The maximum absolute atomic E-state index is 12.1. The molecule has 0 atom stereocenters. The summed E-state index contributed by atoms with van der Waals surface area (Å²) in [4.78, 5) is 16.7. The van der Waals surface area contributed by atoms with Crippen LogP contribution in [-0.4, -0.2) is 20.7 Å². The summed E-state index contributed by atoms with van der Waals surface area (Å²) in [5.74, 6) is -0.0235. The number of aromatic nitrogens is 3. The number of benzene rings is 1. The van der Waals surface area contributed by atoms with Crippen LogP contribution in [0.4, 0.5) is 5.13 Å². The average Bonchev–Trinajstić information content (AvgIpc) is 3.27. The summed E-state index contributed by atoms with van der Waals surface area (Å²) >= 11 is 1.46. The Hall–Kier alpha value is -2.47. The Morgan fingerprint density at radius 3 is 2.69 bits per heavy atom. The van der Waals surface area contributed by atoms with E-state index in [-0.39, 0.29) is 5.91 Å². The third-order valence-electron chi connectivity index (χ3n) is 4.22. The summed E-state index contributed by atoms with van der Waals surface area (Å²) in [5.41, 5.74) is 4.40. The number of carbonyl (C=O) groups is 1. The molecule has 2 heterocycles. The summed E-state index contributed by atoms with van der Waals surface area (Å²) in [5, 5.41) is 9.63. The van der Waals surface area contributed by atoms with Gasteiger partial charge in [-0.2, -0.15) is 5.10 Å². The quantitative estimate of drug-likeness (QED) is 0.639. The summed E-state index contributed by atoms with van der Waals surface area (Å²) in [6.07, 6.45) is 8.36. The van der Waals surface area contributed by atoms with Gasteiger partial charge in [-0.3, -0.25) is 9.48 Å². The zero-order valence-corrected chi connectivity index (χ0v) is 16.1. The second-order valence-electron chi connectivity index (χ2n) is 6.41. The highest BCUT2D eigenvalue weighted by molar-refractivity contribution is 7.14. The van der Waals surface area contributed by atoms with Crippen LogP contribution in [0.3, 0.4) is 0 Å². The van der Waals surface area contributed by atoms with Crippen molar-refractivity contribution in [3.63, 3.8) is 0 Å². The maximum Gasteiger partial charge on any atom is 0.226 e. The van der Waals surface area contributed by atoms with Crippen molar-refractivity contribution in [3.8, 4) is 11.3 Å². The first kappa shape index (κ1) is 18.3. The molecule has 0 radical (unpaired) electrons. The highest BCUT2D eigenvalue weighted by Crippen LogP contribution is 2.25. The van der Waals surface area contributed by atoms with E-state index in [1.54, 1.807) is 10.9 Å². The van der Waals surface area contributed by atoms with Gasteiger partial charge in [0.25, 0.3) is 0 Å². The van der Waals surface area contributed by atoms with Gasteiger partial charge in [-0.05, 0) is 30.4 Å². The Balaban J connectivity index is 1.54. The molecule has 1 N–H and O–H groups in total. The highest BCUT2D eigenvalue weighted by Gasteiger charge is 2.09. The van der Waals surface area contributed by atoms with Crippen molar-refractivity contribution in [2.75, 3.05) is 5.32 Å². The summed E-state index contributed by atoms with van der Waals surface area (Å²) in [7, 11) is 1.87. The monoisotopic (exact) mass is 368 g/mol. The van der Waals surface area contributed by atoms with Crippen molar-refractivity contribution in [1.29, 1.82) is 0 Å². The number of nitrogens with zero attached hydrogens (tertiary/aromatic N) is 3. The van der Waals surface area contributed by atoms with Gasteiger partial charge >= 0.3 is 0 Å². The molecule has 0 spiro atoms. The molecule has 0 bridgehead atoms. The summed E-state index contributed by atoms with van der Waals surface area (Å²) < 4.78 is 1.74. The van der Waals surface area contributed by atoms with Crippen molar-refractivity contribution in [1.82, 2.24) is 14.8 Å². The number of thiazole rings is 1. The number of hydrogen-bond acceptors (Lipinski definition) is 4. The molecule has 3 rings (SSSR count). The van der Waals surface area contributed by atoms with Gasteiger partial charge in [0.05, 0.1) is 11.9 Å². The minimum atomic E-state index is -0.0235. The maximum atomic E-state index is 12.1. The highest BCUT2D eigenvalue weighted by atomic mass is 32.1. The van der Waals surface area contributed by atoms with Crippen LogP contribution in [0.1, 0.15) is 37.3 Å². The Kier molecular flexibility index (Phi) is 6.17. The molecular weight excluding hydrogens is 344 g/mol. The molecule has 3 aromatic rings. The molecule has 0 aliphatic rings. The zero-order chi connectivity index (χ0) is 18.4. The molecule has 1 amide bonds. The third-order valence-corrected chi connectivity index (χ3v) is 4.98. The first-order valence-electron chi connectivity index (χ1n) is 8.96. The molecule has 26 heavy (non-hydrogen) atoms. The van der Waals surface area contributed by atoms with Gasteiger partial charge in [-0.25, -0.2) is 4.98 Å². The number of aryl methyl sites for hydroxylation is 3. The van der Waals surface area contributed by atoms with Gasteiger partial charge in [0.15, 0.2) is 5.13 Å². The van der Waals surface area contributed by atoms with Crippen molar-refractivity contribution < 1.29 is 4.79 Å². The fraction of sp³-hybridized carbons (Fsp3) is 0.350. The molecule has 1 aromatic carbocycles. The van der Waals surface area contributed by atoms with E-state index in [0.29, 0.717) is 18.0 Å². The van der Waals surface area contributed by atoms with Crippen LogP contribution >= 0.6 is 11.3 Å². The molecule has 136 valence electrons. The van der Waals surface area contributed by atoms with Crippen LogP contribution in [0.2, 0.25) is 0 Å². The lowest BCUT2D eigenvalue weighted by molar-refractivity contribution is -0.116. The zero-order valence-electron chi connectivity index (χ0n) is 15.2. The number of anilines is 1. The minimum absolute atomic E-state index is 0.0235. The van der Waals surface area contributed by atoms with E-state index >= 15 is 0 Å². The van der Waals surface area contributed by atoms with Crippen LogP contribution in [0, 0.1) is 0 Å². The van der Waals surface area contributed by atoms with Crippen LogP contribution in [0.15, 0.2) is 42.0 Å². The number of hydrogen-bond donors (Lipinski definition) is 1. The molecule has 6 heteroatoms. The summed E-state index contributed by atoms with van der Waals surface area (Å²) in [6, 6.07) is 8.54. The molecule has 0 fully saturated rings. The Bertz CT molecular complexity index is 851. The molecule has 0 aliphatic carbocycles. The lowest BCUT2D eigenvalue weighted by Crippen LogP contribution is -2.12. The Morgan fingerprint density at radius 2 is 2.00 bits per heavy atom. The second-order valence-corrected chi connectivity index (χ2v) is 7.27. The Labute approximate surface area is 158 Å². The average molecular weight is 369 g/mol. The van der Waals surface area contributed by atoms with E-state index in [2.05, 4.69) is 46.6 Å². The van der Waals surface area contributed by atoms with E-state index in [4.69, 9.17) is 0 Å². The van der Waals surface area contributed by atoms with Crippen molar-refractivity contribution in [3.05, 3.63) is 53.2 Å². The number of carbonyl (C=O) groups excluding carboxylic acids is 1. The number of rotatable bonds is 8. The molecular formula is C20H24N4OS. The molecule has 0 saturated carbocycles. The second kappa shape index (κ2) is 8.76. The standard InChI is InChI=1S/C20H24N4OS/c1-3-4-5-15-6-9-17(10-7-15)18-14-26-20(22-18)23-19(25)11-8-16-12-21-24(2)13-16/h6-7,9-10,12-14H,3-5,8,11H2,1-2H3,(H,22,23,25). The van der Waals surface area contributed by atoms with Crippen LogP contribution < -0.4 is 5.32 Å². The van der Waals surface area contributed by atoms with E-state index in [1.165, 1.54) is 29.7 Å². The van der Waals surface area contributed by atoms with E-state index in [1.807, 2.05) is 18.6 Å². The minimum Gasteiger partial charge on any atom is -0.302 e. The molecule has 0 aliphatic heterocycles. The topological polar surface area (TPSA) is 59.8 Å². The largest absolute Gasteiger partial charge is 0.302 e. The number of amides is 1. The molecule has 5 nitrogen and oxygen atoms in total. The van der Waals surface area contributed by atoms with Crippen LogP contribution in [0.5, 0.6) is 0 Å².